The minimum absolute atomic E-state index is 0.238. The summed E-state index contributed by atoms with van der Waals surface area (Å²) in [6.07, 6.45) is 4.11. The van der Waals surface area contributed by atoms with Crippen LogP contribution in [0.15, 0.2) is 12.1 Å². The summed E-state index contributed by atoms with van der Waals surface area (Å²) in [4.78, 5) is 18.8. The smallest absolute Gasteiger partial charge is 0.315 e. The Balaban J connectivity index is 1.53. The van der Waals surface area contributed by atoms with Crippen molar-refractivity contribution in [2.24, 2.45) is 5.92 Å². The number of aliphatic hydroxyl groups excluding tert-OH is 1. The summed E-state index contributed by atoms with van der Waals surface area (Å²) in [7, 11) is 0. The van der Waals surface area contributed by atoms with Gasteiger partial charge in [0, 0.05) is 37.4 Å². The van der Waals surface area contributed by atoms with Gasteiger partial charge in [-0.25, -0.2) is 9.78 Å². The summed E-state index contributed by atoms with van der Waals surface area (Å²) in [6.45, 7) is 4.82. The van der Waals surface area contributed by atoms with Crippen LogP contribution in [0.25, 0.3) is 0 Å². The number of amides is 2. The first kappa shape index (κ1) is 16.1. The van der Waals surface area contributed by atoms with Crippen molar-refractivity contribution in [3.8, 4) is 0 Å². The van der Waals surface area contributed by atoms with Crippen LogP contribution in [0.2, 0.25) is 0 Å². The standard InChI is InChI=1S/C17H26N4O2/c1-12-4-5-14(16(20-12)21-8-2-3-9-21)10-18-17(23)19-11-15(22)13-6-7-13/h4-5,13,15,22H,2-3,6-11H2,1H3,(H2,18,19,23). The Kier molecular flexibility index (Phi) is 5.00. The molecule has 3 rings (SSSR count). The minimum Gasteiger partial charge on any atom is -0.391 e. The summed E-state index contributed by atoms with van der Waals surface area (Å²) in [5.74, 6) is 1.36. The molecule has 1 unspecified atom stereocenters. The van der Waals surface area contributed by atoms with Crippen molar-refractivity contribution in [1.29, 1.82) is 0 Å². The predicted octanol–water partition coefficient (Wildman–Crippen LogP) is 1.56. The minimum atomic E-state index is -0.415. The number of aromatic nitrogens is 1. The molecule has 2 heterocycles. The van der Waals surface area contributed by atoms with E-state index < -0.39 is 6.10 Å². The Bertz CT molecular complexity index is 554. The van der Waals surface area contributed by atoms with Gasteiger partial charge in [-0.3, -0.25) is 0 Å². The van der Waals surface area contributed by atoms with Gasteiger partial charge >= 0.3 is 6.03 Å². The van der Waals surface area contributed by atoms with Gasteiger partial charge < -0.3 is 20.6 Å². The van der Waals surface area contributed by atoms with E-state index in [1.54, 1.807) is 0 Å². The lowest BCUT2D eigenvalue weighted by molar-refractivity contribution is 0.149. The van der Waals surface area contributed by atoms with Gasteiger partial charge in [-0.2, -0.15) is 0 Å². The third kappa shape index (κ3) is 4.34. The number of aliphatic hydroxyl groups is 1. The largest absolute Gasteiger partial charge is 0.391 e. The maximum absolute atomic E-state index is 11.9. The Labute approximate surface area is 137 Å². The highest BCUT2D eigenvalue weighted by molar-refractivity contribution is 5.74. The first-order chi connectivity index (χ1) is 11.1. The zero-order valence-electron chi connectivity index (χ0n) is 13.7. The van der Waals surface area contributed by atoms with E-state index in [9.17, 15) is 9.90 Å². The summed E-state index contributed by atoms with van der Waals surface area (Å²) in [6, 6.07) is 3.78. The average Bonchev–Trinajstić information content (AvgIpc) is 3.26. The van der Waals surface area contributed by atoms with Crippen molar-refractivity contribution in [3.05, 3.63) is 23.4 Å². The Morgan fingerprint density at radius 3 is 2.78 bits per heavy atom. The van der Waals surface area contributed by atoms with Crippen molar-refractivity contribution in [1.82, 2.24) is 15.6 Å². The first-order valence-corrected chi connectivity index (χ1v) is 8.55. The zero-order valence-corrected chi connectivity index (χ0v) is 13.7. The molecule has 0 bridgehead atoms. The molecule has 2 amide bonds. The second kappa shape index (κ2) is 7.17. The molecule has 23 heavy (non-hydrogen) atoms. The lowest BCUT2D eigenvalue weighted by Crippen LogP contribution is -2.40. The van der Waals surface area contributed by atoms with Crippen LogP contribution in [0.3, 0.4) is 0 Å². The van der Waals surface area contributed by atoms with Gasteiger partial charge in [0.15, 0.2) is 0 Å². The molecule has 1 saturated heterocycles. The molecular weight excluding hydrogens is 292 g/mol. The van der Waals surface area contributed by atoms with E-state index in [1.807, 2.05) is 19.1 Å². The average molecular weight is 318 g/mol. The number of hydrogen-bond acceptors (Lipinski definition) is 4. The number of nitrogens with zero attached hydrogens (tertiary/aromatic N) is 2. The van der Waals surface area contributed by atoms with Crippen LogP contribution in [-0.2, 0) is 6.54 Å². The van der Waals surface area contributed by atoms with Gasteiger partial charge in [0.25, 0.3) is 0 Å². The summed E-state index contributed by atoms with van der Waals surface area (Å²) >= 11 is 0. The van der Waals surface area contributed by atoms with Gasteiger partial charge in [0.1, 0.15) is 5.82 Å². The number of hydrogen-bond donors (Lipinski definition) is 3. The molecule has 1 aromatic rings. The van der Waals surface area contributed by atoms with Crippen molar-refractivity contribution in [3.63, 3.8) is 0 Å². The lowest BCUT2D eigenvalue weighted by atomic mass is 10.2. The first-order valence-electron chi connectivity index (χ1n) is 8.55. The lowest BCUT2D eigenvalue weighted by Gasteiger charge is -2.21. The second-order valence-electron chi connectivity index (χ2n) is 6.60. The number of carbonyl (C=O) groups excluding carboxylic acids is 1. The highest BCUT2D eigenvalue weighted by atomic mass is 16.3. The van der Waals surface area contributed by atoms with E-state index in [1.165, 1.54) is 12.8 Å². The number of aryl methyl sites for hydroxylation is 1. The third-order valence-electron chi connectivity index (χ3n) is 4.58. The van der Waals surface area contributed by atoms with E-state index in [0.717, 1.165) is 43.0 Å². The van der Waals surface area contributed by atoms with Gasteiger partial charge in [0.2, 0.25) is 0 Å². The fourth-order valence-corrected chi connectivity index (χ4v) is 3.00. The van der Waals surface area contributed by atoms with Crippen molar-refractivity contribution >= 4 is 11.8 Å². The molecule has 126 valence electrons. The summed E-state index contributed by atoms with van der Waals surface area (Å²) in [5, 5.41) is 15.4. The number of rotatable bonds is 6. The number of anilines is 1. The highest BCUT2D eigenvalue weighted by Gasteiger charge is 2.29. The van der Waals surface area contributed by atoms with Crippen LogP contribution in [0.5, 0.6) is 0 Å². The molecule has 0 radical (unpaired) electrons. The zero-order chi connectivity index (χ0) is 16.2. The summed E-state index contributed by atoms with van der Waals surface area (Å²) in [5.41, 5.74) is 2.03. The molecule has 1 aliphatic heterocycles. The van der Waals surface area contributed by atoms with Crippen LogP contribution in [0, 0.1) is 12.8 Å². The molecule has 6 nitrogen and oxygen atoms in total. The Hall–Kier alpha value is -1.82. The van der Waals surface area contributed by atoms with E-state index in [4.69, 9.17) is 0 Å². The number of urea groups is 1. The fraction of sp³-hybridized carbons (Fsp3) is 0.647. The number of pyridine rings is 1. The maximum Gasteiger partial charge on any atom is 0.315 e. The third-order valence-corrected chi connectivity index (χ3v) is 4.58. The molecule has 1 atom stereocenters. The van der Waals surface area contributed by atoms with Crippen LogP contribution >= 0.6 is 0 Å². The van der Waals surface area contributed by atoms with Crippen molar-refractivity contribution < 1.29 is 9.90 Å². The highest BCUT2D eigenvalue weighted by Crippen LogP contribution is 2.32. The summed E-state index contributed by atoms with van der Waals surface area (Å²) < 4.78 is 0. The van der Waals surface area contributed by atoms with E-state index in [0.29, 0.717) is 19.0 Å². The molecule has 0 spiro atoms. The molecule has 1 aliphatic carbocycles. The van der Waals surface area contributed by atoms with E-state index >= 15 is 0 Å². The van der Waals surface area contributed by atoms with Gasteiger partial charge in [-0.15, -0.1) is 0 Å². The molecule has 2 aliphatic rings. The second-order valence-corrected chi connectivity index (χ2v) is 6.60. The molecule has 1 saturated carbocycles. The molecule has 1 aromatic heterocycles. The number of carbonyl (C=O) groups is 1. The molecule has 0 aromatic carbocycles. The fourth-order valence-electron chi connectivity index (χ4n) is 3.00. The Morgan fingerprint density at radius 2 is 2.09 bits per heavy atom. The predicted molar refractivity (Wildman–Crippen MR) is 89.4 cm³/mol. The van der Waals surface area contributed by atoms with E-state index in [2.05, 4.69) is 20.5 Å². The van der Waals surface area contributed by atoms with Crippen LogP contribution in [0.4, 0.5) is 10.6 Å². The maximum atomic E-state index is 11.9. The van der Waals surface area contributed by atoms with Crippen LogP contribution < -0.4 is 15.5 Å². The topological polar surface area (TPSA) is 77.5 Å². The van der Waals surface area contributed by atoms with E-state index in [-0.39, 0.29) is 6.03 Å². The number of nitrogens with one attached hydrogen (secondary N) is 2. The van der Waals surface area contributed by atoms with Crippen molar-refractivity contribution in [2.75, 3.05) is 24.5 Å². The normalized spacial score (nSPS) is 18.8. The SMILES string of the molecule is Cc1ccc(CNC(=O)NCC(O)C2CC2)c(N2CCCC2)n1. The quantitative estimate of drug-likeness (QED) is 0.744. The van der Waals surface area contributed by atoms with Crippen molar-refractivity contribution in [2.45, 2.75) is 45.3 Å². The Morgan fingerprint density at radius 1 is 1.35 bits per heavy atom. The van der Waals surface area contributed by atoms with Crippen LogP contribution in [0.1, 0.15) is 36.9 Å². The van der Waals surface area contributed by atoms with Gasteiger partial charge in [-0.1, -0.05) is 6.07 Å². The molecule has 2 fully saturated rings. The van der Waals surface area contributed by atoms with Gasteiger partial charge in [-0.05, 0) is 44.6 Å². The monoisotopic (exact) mass is 318 g/mol. The molecule has 6 heteroatoms. The molecular formula is C17H26N4O2. The molecule has 3 N–H and O–H groups in total. The van der Waals surface area contributed by atoms with Crippen LogP contribution in [-0.4, -0.2) is 41.9 Å². The van der Waals surface area contributed by atoms with Gasteiger partial charge in [0.05, 0.1) is 6.10 Å².